The molecule has 2 aromatic rings. The summed E-state index contributed by atoms with van der Waals surface area (Å²) in [5, 5.41) is 20.0. The number of nitrogens with one attached hydrogen (secondary N) is 2. The SMILES string of the molecule is Cn1c(SCC2=C(C(=O)O)N3C(=O)C(NC(=O)Cc4cccs4)C3SC2)n[nH]c(=O)c1=O. The molecule has 3 N–H and O–H groups in total. The van der Waals surface area contributed by atoms with Crippen LogP contribution in [0, 0.1) is 0 Å². The zero-order valence-corrected chi connectivity index (χ0v) is 19.0. The van der Waals surface area contributed by atoms with Gasteiger partial charge in [-0.2, -0.15) is 0 Å². The number of carbonyl (C=O) groups is 3. The highest BCUT2D eigenvalue weighted by molar-refractivity contribution is 8.01. The predicted molar refractivity (Wildman–Crippen MR) is 119 cm³/mol. The van der Waals surface area contributed by atoms with Crippen LogP contribution < -0.4 is 16.4 Å². The number of carbonyl (C=O) groups excluding carboxylic acids is 2. The molecule has 32 heavy (non-hydrogen) atoms. The number of aromatic amines is 1. The standard InChI is InChI=1S/C18H17N5O6S3/c1-22-15(27)13(25)20-21-18(22)32-7-8-6-31-16-11(14(26)23(16)12(8)17(28)29)19-10(24)5-9-3-2-4-30-9/h2-4,11,16H,5-7H2,1H3,(H,19,24)(H,20,25)(H,28,29). The van der Waals surface area contributed by atoms with E-state index in [1.54, 1.807) is 0 Å². The lowest BCUT2D eigenvalue weighted by Crippen LogP contribution is -2.70. The highest BCUT2D eigenvalue weighted by atomic mass is 32.2. The molecular formula is C18H17N5O6S3. The van der Waals surface area contributed by atoms with Crippen molar-refractivity contribution in [2.45, 2.75) is 23.0 Å². The van der Waals surface area contributed by atoms with Gasteiger partial charge in [-0.1, -0.05) is 17.8 Å². The van der Waals surface area contributed by atoms with Crippen LogP contribution in [-0.4, -0.2) is 65.5 Å². The maximum absolute atomic E-state index is 12.7. The summed E-state index contributed by atoms with van der Waals surface area (Å²) in [6.45, 7) is 0. The van der Waals surface area contributed by atoms with Gasteiger partial charge in [-0.25, -0.2) is 9.89 Å². The van der Waals surface area contributed by atoms with Gasteiger partial charge in [0.05, 0.1) is 6.42 Å². The van der Waals surface area contributed by atoms with Gasteiger partial charge in [0.2, 0.25) is 5.91 Å². The summed E-state index contributed by atoms with van der Waals surface area (Å²) in [5.41, 5.74) is -1.26. The number of hydrogen-bond acceptors (Lipinski definition) is 9. The molecule has 0 aromatic carbocycles. The average Bonchev–Trinajstić information content (AvgIpc) is 3.27. The van der Waals surface area contributed by atoms with Crippen molar-refractivity contribution in [1.82, 2.24) is 25.0 Å². The molecule has 2 aliphatic rings. The number of β-lactam (4-membered cyclic amide) rings is 1. The number of aliphatic carboxylic acids is 1. The third kappa shape index (κ3) is 4.12. The highest BCUT2D eigenvalue weighted by Gasteiger charge is 2.54. The number of thioether (sulfide) groups is 2. The van der Waals surface area contributed by atoms with Gasteiger partial charge in [-0.05, 0) is 17.0 Å². The number of nitrogens with zero attached hydrogens (tertiary/aromatic N) is 3. The third-order valence-electron chi connectivity index (χ3n) is 4.90. The Bertz CT molecular complexity index is 1230. The van der Waals surface area contributed by atoms with Crippen molar-refractivity contribution >= 4 is 52.6 Å². The Labute approximate surface area is 192 Å². The first-order valence-corrected chi connectivity index (χ1v) is 12.2. The molecule has 11 nitrogen and oxygen atoms in total. The molecule has 1 saturated heterocycles. The summed E-state index contributed by atoms with van der Waals surface area (Å²) in [4.78, 5) is 62.1. The molecule has 0 spiro atoms. The lowest BCUT2D eigenvalue weighted by molar-refractivity contribution is -0.150. The third-order valence-corrected chi connectivity index (χ3v) is 8.23. The number of hydrogen-bond donors (Lipinski definition) is 3. The number of amides is 2. The molecule has 168 valence electrons. The first-order valence-electron chi connectivity index (χ1n) is 9.28. The Morgan fingerprint density at radius 2 is 2.16 bits per heavy atom. The zero-order valence-electron chi connectivity index (χ0n) is 16.6. The number of thiophene rings is 1. The molecular weight excluding hydrogens is 478 g/mol. The molecule has 0 radical (unpaired) electrons. The van der Waals surface area contributed by atoms with Crippen LogP contribution in [-0.2, 0) is 27.9 Å². The first-order chi connectivity index (χ1) is 15.3. The van der Waals surface area contributed by atoms with Gasteiger partial charge >= 0.3 is 17.1 Å². The zero-order chi connectivity index (χ0) is 23.0. The van der Waals surface area contributed by atoms with Gasteiger partial charge in [0.1, 0.15) is 17.1 Å². The average molecular weight is 496 g/mol. The maximum atomic E-state index is 12.7. The van der Waals surface area contributed by atoms with E-state index in [-0.39, 0.29) is 28.9 Å². The van der Waals surface area contributed by atoms with E-state index >= 15 is 0 Å². The minimum Gasteiger partial charge on any atom is -0.477 e. The summed E-state index contributed by atoms with van der Waals surface area (Å²) in [7, 11) is 1.40. The van der Waals surface area contributed by atoms with Crippen LogP contribution in [0.5, 0.6) is 0 Å². The van der Waals surface area contributed by atoms with Crippen LogP contribution in [0.25, 0.3) is 0 Å². The van der Waals surface area contributed by atoms with E-state index in [4.69, 9.17) is 0 Å². The van der Waals surface area contributed by atoms with Crippen molar-refractivity contribution in [1.29, 1.82) is 0 Å². The van der Waals surface area contributed by atoms with Gasteiger partial charge in [-0.15, -0.1) is 28.2 Å². The van der Waals surface area contributed by atoms with E-state index in [9.17, 15) is 29.1 Å². The van der Waals surface area contributed by atoms with Gasteiger partial charge < -0.3 is 10.4 Å². The quantitative estimate of drug-likeness (QED) is 0.264. The van der Waals surface area contributed by atoms with Crippen molar-refractivity contribution in [2.24, 2.45) is 7.05 Å². The number of aromatic nitrogens is 3. The van der Waals surface area contributed by atoms with Crippen molar-refractivity contribution in [3.8, 4) is 0 Å². The molecule has 0 saturated carbocycles. The Morgan fingerprint density at radius 1 is 1.38 bits per heavy atom. The van der Waals surface area contributed by atoms with Gasteiger partial charge in [0, 0.05) is 23.4 Å². The summed E-state index contributed by atoms with van der Waals surface area (Å²) in [6.07, 6.45) is 0.160. The molecule has 2 aromatic heterocycles. The van der Waals surface area contributed by atoms with Crippen LogP contribution in [0.4, 0.5) is 0 Å². The van der Waals surface area contributed by atoms with E-state index < -0.39 is 34.4 Å². The Balaban J connectivity index is 1.48. The van der Waals surface area contributed by atoms with Crippen LogP contribution >= 0.6 is 34.9 Å². The lowest BCUT2D eigenvalue weighted by Gasteiger charge is -2.49. The van der Waals surface area contributed by atoms with E-state index in [1.807, 2.05) is 17.5 Å². The molecule has 2 unspecified atom stereocenters. The topological polar surface area (TPSA) is 154 Å². The fourth-order valence-electron chi connectivity index (χ4n) is 3.33. The molecule has 1 fully saturated rings. The van der Waals surface area contributed by atoms with E-state index in [1.165, 1.54) is 35.0 Å². The van der Waals surface area contributed by atoms with E-state index in [0.29, 0.717) is 11.3 Å². The largest absolute Gasteiger partial charge is 0.477 e. The Kier molecular flexibility index (Phi) is 6.26. The summed E-state index contributed by atoms with van der Waals surface area (Å²) >= 11 is 3.88. The summed E-state index contributed by atoms with van der Waals surface area (Å²) < 4.78 is 1.08. The minimum atomic E-state index is -1.24. The van der Waals surface area contributed by atoms with E-state index in [2.05, 4.69) is 15.5 Å². The number of fused-ring (bicyclic) bond motifs is 1. The lowest BCUT2D eigenvalue weighted by atomic mass is 10.0. The second kappa shape index (κ2) is 8.96. The predicted octanol–water partition coefficient (Wildman–Crippen LogP) is -0.396. The summed E-state index contributed by atoms with van der Waals surface area (Å²) in [5.74, 6) is -1.52. The molecule has 2 atom stereocenters. The molecule has 4 rings (SSSR count). The van der Waals surface area contributed by atoms with Crippen molar-refractivity contribution in [2.75, 3.05) is 11.5 Å². The first kappa shape index (κ1) is 22.4. The molecule has 2 amide bonds. The number of rotatable bonds is 7. The number of carboxylic acid groups (broad SMARTS) is 1. The Morgan fingerprint density at radius 3 is 2.84 bits per heavy atom. The van der Waals surface area contributed by atoms with Crippen LogP contribution in [0.15, 0.2) is 43.5 Å². The minimum absolute atomic E-state index is 0.121. The van der Waals surface area contributed by atoms with Crippen LogP contribution in [0.3, 0.4) is 0 Å². The highest BCUT2D eigenvalue weighted by Crippen LogP contribution is 2.41. The normalized spacial score (nSPS) is 20.0. The monoisotopic (exact) mass is 495 g/mol. The number of carboxylic acids is 1. The van der Waals surface area contributed by atoms with Crippen molar-refractivity contribution in [3.63, 3.8) is 0 Å². The summed E-state index contributed by atoms with van der Waals surface area (Å²) in [6, 6.07) is 2.89. The molecule has 0 aliphatic carbocycles. The van der Waals surface area contributed by atoms with Crippen molar-refractivity contribution < 1.29 is 19.5 Å². The molecule has 14 heteroatoms. The van der Waals surface area contributed by atoms with Gasteiger partial charge in [0.25, 0.3) is 5.91 Å². The Hall–Kier alpha value is -2.84. The second-order valence-corrected chi connectivity index (χ2v) is 10.0. The maximum Gasteiger partial charge on any atom is 0.352 e. The molecule has 2 aliphatic heterocycles. The molecule has 0 bridgehead atoms. The van der Waals surface area contributed by atoms with Gasteiger partial charge in [0.15, 0.2) is 5.16 Å². The van der Waals surface area contributed by atoms with Crippen LogP contribution in [0.1, 0.15) is 4.88 Å². The van der Waals surface area contributed by atoms with Crippen LogP contribution in [0.2, 0.25) is 0 Å². The number of H-pyrrole nitrogens is 1. The van der Waals surface area contributed by atoms with Gasteiger partial charge in [-0.3, -0.25) is 28.6 Å². The van der Waals surface area contributed by atoms with Crippen molar-refractivity contribution in [3.05, 3.63) is 54.4 Å². The smallest absolute Gasteiger partial charge is 0.352 e. The second-order valence-electron chi connectivity index (χ2n) is 6.96. The fourth-order valence-corrected chi connectivity index (χ4v) is 6.44. The molecule has 4 heterocycles. The van der Waals surface area contributed by atoms with E-state index in [0.717, 1.165) is 21.2 Å². The fraction of sp³-hybridized carbons (Fsp3) is 0.333.